The minimum absolute atomic E-state index is 0.0801. The first-order chi connectivity index (χ1) is 16.2. The average molecular weight is 485 g/mol. The Kier molecular flexibility index (Phi) is 6.26. The molecular weight excluding hydrogens is 465 g/mol. The molecule has 0 radical (unpaired) electrons. The third kappa shape index (κ3) is 4.72. The van der Waals surface area contributed by atoms with E-state index in [9.17, 15) is 17.6 Å². The van der Waals surface area contributed by atoms with Gasteiger partial charge in [-0.1, -0.05) is 0 Å². The predicted octanol–water partition coefficient (Wildman–Crippen LogP) is 2.99. The topological polar surface area (TPSA) is 136 Å². The molecule has 3 aromatic heterocycles. The Hall–Kier alpha value is -3.90. The van der Waals surface area contributed by atoms with Crippen LogP contribution in [0.2, 0.25) is 0 Å². The summed E-state index contributed by atoms with van der Waals surface area (Å²) >= 11 is 0. The molecule has 4 rings (SSSR count). The number of nitrogens with one attached hydrogen (secondary N) is 2. The summed E-state index contributed by atoms with van der Waals surface area (Å²) in [7, 11) is -2.79. The number of anilines is 1. The van der Waals surface area contributed by atoms with Crippen molar-refractivity contribution in [3.8, 4) is 11.8 Å². The quantitative estimate of drug-likeness (QED) is 0.381. The molecule has 0 aliphatic carbocycles. The molecule has 0 atom stereocenters. The maximum Gasteiger partial charge on any atom is 0.340 e. The summed E-state index contributed by atoms with van der Waals surface area (Å²) in [6, 6.07) is 6.56. The average Bonchev–Trinajstić information content (AvgIpc) is 2.81. The number of halogens is 1. The smallest absolute Gasteiger partial charge is 0.340 e. The molecule has 0 amide bonds. The van der Waals surface area contributed by atoms with E-state index in [4.69, 9.17) is 9.15 Å². The molecule has 0 bridgehead atoms. The molecule has 12 heteroatoms. The van der Waals surface area contributed by atoms with Gasteiger partial charge >= 0.3 is 11.6 Å². The van der Waals surface area contributed by atoms with E-state index in [1.807, 2.05) is 16.4 Å². The number of hydrogen-bond donors (Lipinski definition) is 2. The first-order valence-corrected chi connectivity index (χ1v) is 11.5. The van der Waals surface area contributed by atoms with E-state index < -0.39 is 27.5 Å². The molecule has 1 aromatic carbocycles. The van der Waals surface area contributed by atoms with Crippen molar-refractivity contribution in [1.82, 2.24) is 19.7 Å². The number of benzene rings is 1. The van der Waals surface area contributed by atoms with Crippen LogP contribution in [0.3, 0.4) is 0 Å². The molecule has 0 aliphatic heterocycles. The summed E-state index contributed by atoms with van der Waals surface area (Å²) in [5, 5.41) is 0.652. The van der Waals surface area contributed by atoms with Crippen molar-refractivity contribution in [3.63, 3.8) is 0 Å². The van der Waals surface area contributed by atoms with E-state index in [0.717, 1.165) is 5.56 Å². The lowest BCUT2D eigenvalue weighted by molar-refractivity contribution is 0.437. The van der Waals surface area contributed by atoms with Gasteiger partial charge < -0.3 is 9.15 Å². The molecule has 0 spiro atoms. The molecule has 4 aromatic rings. The minimum atomic E-state index is -3.96. The molecule has 0 saturated carbocycles. The van der Waals surface area contributed by atoms with Gasteiger partial charge in [0.1, 0.15) is 11.3 Å². The van der Waals surface area contributed by atoms with Crippen LogP contribution in [-0.2, 0) is 16.6 Å². The molecule has 10 nitrogen and oxygen atoms in total. The number of nitrogens with zero attached hydrogens (tertiary/aromatic N) is 3. The zero-order valence-corrected chi connectivity index (χ0v) is 19.2. The first-order valence-electron chi connectivity index (χ1n) is 10.0. The number of aryl methyl sites for hydroxylation is 2. The van der Waals surface area contributed by atoms with Crippen LogP contribution >= 0.6 is 0 Å². The van der Waals surface area contributed by atoms with E-state index in [0.29, 0.717) is 22.3 Å². The fraction of sp³-hybridized carbons (Fsp3) is 0.182. The molecular formula is C22H20FN5O5S. The van der Waals surface area contributed by atoms with Crippen molar-refractivity contribution < 1.29 is 22.0 Å². The van der Waals surface area contributed by atoms with Crippen molar-refractivity contribution in [2.24, 2.45) is 0 Å². The second-order valence-corrected chi connectivity index (χ2v) is 8.98. The van der Waals surface area contributed by atoms with Crippen LogP contribution in [0.5, 0.6) is 11.8 Å². The van der Waals surface area contributed by atoms with E-state index in [1.54, 1.807) is 37.5 Å². The van der Waals surface area contributed by atoms with Crippen LogP contribution in [0.4, 0.5) is 10.2 Å². The van der Waals surface area contributed by atoms with Crippen LogP contribution in [0.15, 0.2) is 52.1 Å². The Morgan fingerprint density at radius 1 is 1.12 bits per heavy atom. The van der Waals surface area contributed by atoms with Gasteiger partial charge in [0.05, 0.1) is 0 Å². The van der Waals surface area contributed by atoms with Gasteiger partial charge in [-0.15, -0.1) is 0 Å². The van der Waals surface area contributed by atoms with Crippen LogP contribution in [0, 0.1) is 19.7 Å². The van der Waals surface area contributed by atoms with Crippen molar-refractivity contribution >= 4 is 27.0 Å². The molecule has 34 heavy (non-hydrogen) atoms. The summed E-state index contributed by atoms with van der Waals surface area (Å²) in [6.07, 6.45) is 4.22. The highest BCUT2D eigenvalue weighted by atomic mass is 32.2. The Labute approximate surface area is 194 Å². The lowest BCUT2D eigenvalue weighted by Crippen LogP contribution is -2.27. The maximum atomic E-state index is 14.9. The standard InChI is InChI=1S/C22H20FN5O5S/c1-12-9-15-13(2)16(10-14-5-8-25-20(19(14)23)28-34(30,31)24-3)21(29)32-18(15)11-17(12)33-22-26-6-4-7-27-22/h4-9,11,24H,10H2,1-3H3,(H,25,28). The van der Waals surface area contributed by atoms with Gasteiger partial charge in [-0.2, -0.15) is 8.42 Å². The highest BCUT2D eigenvalue weighted by Crippen LogP contribution is 2.31. The highest BCUT2D eigenvalue weighted by Gasteiger charge is 2.19. The Bertz CT molecular complexity index is 1540. The van der Waals surface area contributed by atoms with Crippen LogP contribution in [-0.4, -0.2) is 30.4 Å². The molecule has 2 N–H and O–H groups in total. The second-order valence-electron chi connectivity index (χ2n) is 7.36. The van der Waals surface area contributed by atoms with E-state index >= 15 is 0 Å². The Balaban J connectivity index is 1.72. The Morgan fingerprint density at radius 2 is 1.85 bits per heavy atom. The number of aromatic nitrogens is 3. The van der Waals surface area contributed by atoms with Crippen molar-refractivity contribution in [2.75, 3.05) is 11.8 Å². The Morgan fingerprint density at radius 3 is 2.56 bits per heavy atom. The third-order valence-electron chi connectivity index (χ3n) is 5.16. The van der Waals surface area contributed by atoms with E-state index in [2.05, 4.69) is 15.0 Å². The summed E-state index contributed by atoms with van der Waals surface area (Å²) in [6.45, 7) is 3.56. The summed E-state index contributed by atoms with van der Waals surface area (Å²) in [5.74, 6) is -0.936. The normalized spacial score (nSPS) is 11.5. The molecule has 3 heterocycles. The van der Waals surface area contributed by atoms with Gasteiger partial charge in [0, 0.05) is 49.1 Å². The summed E-state index contributed by atoms with van der Waals surface area (Å²) in [5.41, 5.74) is 1.31. The van der Waals surface area contributed by atoms with E-state index in [1.165, 1.54) is 19.3 Å². The second kappa shape index (κ2) is 9.15. The van der Waals surface area contributed by atoms with Gasteiger partial charge in [0.25, 0.3) is 10.2 Å². The molecule has 0 saturated heterocycles. The lowest BCUT2D eigenvalue weighted by atomic mass is 9.98. The number of ether oxygens (including phenoxy) is 1. The van der Waals surface area contributed by atoms with Crippen molar-refractivity contribution in [3.05, 3.63) is 81.3 Å². The van der Waals surface area contributed by atoms with Gasteiger partial charge in [-0.05, 0) is 48.7 Å². The van der Waals surface area contributed by atoms with Gasteiger partial charge in [0.2, 0.25) is 0 Å². The first kappa shape index (κ1) is 23.3. The molecule has 0 unspecified atom stereocenters. The van der Waals surface area contributed by atoms with Gasteiger partial charge in [-0.3, -0.25) is 4.72 Å². The van der Waals surface area contributed by atoms with Crippen LogP contribution < -0.4 is 19.8 Å². The SMILES string of the molecule is CNS(=O)(=O)Nc1nccc(Cc2c(C)c3cc(C)c(Oc4ncccn4)cc3oc2=O)c1F. The predicted molar refractivity (Wildman–Crippen MR) is 123 cm³/mol. The molecule has 0 aliphatic rings. The third-order valence-corrected chi connectivity index (χ3v) is 6.16. The zero-order valence-electron chi connectivity index (χ0n) is 18.4. The van der Waals surface area contributed by atoms with E-state index in [-0.39, 0.29) is 23.6 Å². The number of rotatable bonds is 7. The monoisotopic (exact) mass is 485 g/mol. The highest BCUT2D eigenvalue weighted by molar-refractivity contribution is 7.90. The minimum Gasteiger partial charge on any atom is -0.424 e. The largest absolute Gasteiger partial charge is 0.424 e. The fourth-order valence-electron chi connectivity index (χ4n) is 3.34. The lowest BCUT2D eigenvalue weighted by Gasteiger charge is -2.13. The maximum absolute atomic E-state index is 14.9. The number of fused-ring (bicyclic) bond motifs is 1. The van der Waals surface area contributed by atoms with Gasteiger partial charge in [0.15, 0.2) is 11.6 Å². The van der Waals surface area contributed by atoms with Gasteiger partial charge in [-0.25, -0.2) is 28.9 Å². The number of pyridine rings is 1. The van der Waals surface area contributed by atoms with Crippen LogP contribution in [0.25, 0.3) is 11.0 Å². The zero-order chi connectivity index (χ0) is 24.5. The molecule has 0 fully saturated rings. The summed E-state index contributed by atoms with van der Waals surface area (Å²) < 4.78 is 53.6. The van der Waals surface area contributed by atoms with Crippen molar-refractivity contribution in [2.45, 2.75) is 20.3 Å². The number of hydrogen-bond acceptors (Lipinski definition) is 8. The van der Waals surface area contributed by atoms with Crippen molar-refractivity contribution in [1.29, 1.82) is 0 Å². The summed E-state index contributed by atoms with van der Waals surface area (Å²) in [4.78, 5) is 24.6. The molecule has 176 valence electrons. The van der Waals surface area contributed by atoms with Crippen LogP contribution in [0.1, 0.15) is 22.3 Å². The fourth-order valence-corrected chi connectivity index (χ4v) is 3.83.